The van der Waals surface area contributed by atoms with Gasteiger partial charge >= 0.3 is 90.6 Å². The van der Waals surface area contributed by atoms with Crippen LogP contribution in [0.5, 0.6) is 0 Å². The molecule has 5 saturated heterocycles. The van der Waals surface area contributed by atoms with Gasteiger partial charge in [-0.3, -0.25) is 0 Å². The summed E-state index contributed by atoms with van der Waals surface area (Å²) in [5.74, 6) is -16.6. The molecule has 45 heteroatoms. The molecule has 0 N–H and O–H groups in total. The van der Waals surface area contributed by atoms with E-state index in [1.165, 1.54) is 0 Å². The van der Waals surface area contributed by atoms with Crippen molar-refractivity contribution in [3.63, 3.8) is 0 Å². The van der Waals surface area contributed by atoms with Crippen molar-refractivity contribution in [2.75, 3.05) is 66.1 Å². The largest absolute Gasteiger partial charge is 0.511 e. The maximum absolute atomic E-state index is 14.3. The molecule has 5 heterocycles. The molecule has 5 aliphatic heterocycles. The quantitative estimate of drug-likeness (QED) is 0.0409. The van der Waals surface area contributed by atoms with Gasteiger partial charge < -0.3 is 71.1 Å². The molecule has 0 aromatic rings. The summed E-state index contributed by atoms with van der Waals surface area (Å²) in [5, 5.41) is -0.796. The third-order valence-corrected chi connectivity index (χ3v) is 37.5. The Balaban J connectivity index is 0.000000658. The van der Waals surface area contributed by atoms with Crippen molar-refractivity contribution in [1.29, 1.82) is 0 Å². The molecule has 5 fully saturated rings. The minimum absolute atomic E-state index is 0.00928. The van der Waals surface area contributed by atoms with Crippen molar-refractivity contribution in [2.45, 2.75) is 222 Å². The molecule has 0 aliphatic carbocycles. The Morgan fingerprint density at radius 2 is 0.743 bits per heavy atom. The van der Waals surface area contributed by atoms with Crippen molar-refractivity contribution in [2.24, 2.45) is 0 Å². The van der Waals surface area contributed by atoms with Gasteiger partial charge in [-0.15, -0.1) is 5.54 Å². The molecule has 5 aliphatic rings. The third kappa shape index (κ3) is 25.9. The van der Waals surface area contributed by atoms with Crippen molar-refractivity contribution in [3.05, 3.63) is 46.5 Å². The van der Waals surface area contributed by atoms with E-state index >= 15 is 0 Å². The van der Waals surface area contributed by atoms with Crippen LogP contribution >= 0.6 is 0 Å². The van der Waals surface area contributed by atoms with Crippen molar-refractivity contribution in [3.8, 4) is 11.5 Å². The molecule has 0 bridgehead atoms. The lowest BCUT2D eigenvalue weighted by Gasteiger charge is -2.35. The second-order valence-electron chi connectivity index (χ2n) is 29.5. The Morgan fingerprint density at radius 1 is 0.438 bits per heavy atom. The van der Waals surface area contributed by atoms with E-state index in [9.17, 15) is 116 Å². The van der Waals surface area contributed by atoms with Gasteiger partial charge in [0.2, 0.25) is 0 Å². The van der Waals surface area contributed by atoms with Crippen LogP contribution in [0.25, 0.3) is 0 Å². The molecule has 20 nitrogen and oxygen atoms in total. The summed E-state index contributed by atoms with van der Waals surface area (Å²) in [5.41, 5.74) is 3.38. The lowest BCUT2D eigenvalue weighted by Crippen LogP contribution is -2.50. The molecule has 0 amide bonds. The fourth-order valence-electron chi connectivity index (χ4n) is 6.72. The van der Waals surface area contributed by atoms with E-state index in [4.69, 9.17) is 4.74 Å². The molecular weight excluding hydrogens is 1550 g/mol. The van der Waals surface area contributed by atoms with Crippen LogP contribution in [0, 0.1) is 11.5 Å². The molecule has 608 valence electrons. The molecule has 105 heavy (non-hydrogen) atoms. The van der Waals surface area contributed by atoms with Crippen LogP contribution in [0.3, 0.4) is 0 Å². The van der Waals surface area contributed by atoms with Gasteiger partial charge in [0.1, 0.15) is 55.3 Å². The number of ether oxygens (including phenoxy) is 15. The highest BCUT2D eigenvalue weighted by atomic mass is 28.3. The summed E-state index contributed by atoms with van der Waals surface area (Å²) < 4.78 is 335. The smallest absolute Gasteiger partial charge is 0.427 e. The fraction of sp³-hybridized carbons (Fsp3) is 0.750. The fourth-order valence-corrected chi connectivity index (χ4v) is 11.5. The van der Waals surface area contributed by atoms with Crippen molar-refractivity contribution in [1.82, 2.24) is 0 Å². The molecule has 0 aromatic heterocycles. The van der Waals surface area contributed by atoms with Crippen LogP contribution in [-0.2, 0) is 71.1 Å². The monoisotopic (exact) mass is 1640 g/mol. The van der Waals surface area contributed by atoms with Crippen molar-refractivity contribution < 1.29 is 187 Å². The van der Waals surface area contributed by atoms with E-state index in [0.29, 0.717) is 0 Å². The lowest BCUT2D eigenvalue weighted by molar-refractivity contribution is -0.348. The zero-order chi connectivity index (χ0) is 82.7. The Kier molecular flexibility index (Phi) is 32.1. The van der Waals surface area contributed by atoms with Crippen LogP contribution in [-0.4, -0.2) is 195 Å². The molecule has 0 radical (unpaired) electrons. The summed E-state index contributed by atoms with van der Waals surface area (Å²) in [6.45, 7) is 28.2. The van der Waals surface area contributed by atoms with Crippen LogP contribution in [0.15, 0.2) is 46.5 Å². The number of halogens is 21. The summed E-state index contributed by atoms with van der Waals surface area (Å²) in [7, 11) is -9.04. The molecule has 5 unspecified atom stereocenters. The maximum Gasteiger partial charge on any atom is 0.511 e. The molecule has 0 spiro atoms. The van der Waals surface area contributed by atoms with E-state index in [1.807, 2.05) is 60.3 Å². The molecule has 5 atom stereocenters. The topological polar surface area (TPSA) is 224 Å². The van der Waals surface area contributed by atoms with Gasteiger partial charge in [-0.25, -0.2) is 50.3 Å². The Bertz CT molecular complexity index is 3190. The van der Waals surface area contributed by atoms with E-state index in [0.717, 1.165) is 6.08 Å². The molecule has 0 saturated carbocycles. The first-order valence-corrected chi connectivity index (χ1v) is 42.8. The van der Waals surface area contributed by atoms with Gasteiger partial charge in [-0.05, 0) is 26.2 Å². The van der Waals surface area contributed by atoms with Gasteiger partial charge in [0.25, 0.3) is 6.43 Å². The predicted octanol–water partition coefficient (Wildman–Crippen LogP) is 19.0. The van der Waals surface area contributed by atoms with Gasteiger partial charge in [-0.1, -0.05) is 153 Å². The third-order valence-electron chi connectivity index (χ3n) is 17.7. The van der Waals surface area contributed by atoms with E-state index in [1.54, 1.807) is 53.0 Å². The lowest BCUT2D eigenvalue weighted by atomic mass is 10.2. The Morgan fingerprint density at radius 3 is 1.02 bits per heavy atom. The average molecular weight is 1640 g/mol. The highest BCUT2D eigenvalue weighted by Gasteiger charge is 2.69. The normalized spacial score (nSPS) is 24.2. The van der Waals surface area contributed by atoms with Crippen LogP contribution in [0.2, 0.25) is 72.5 Å². The number of hydrogen-bond donors (Lipinski definition) is 0. The number of carbonyl (C=O) groups is 5. The number of hydrogen-bond acceptors (Lipinski definition) is 20. The molecule has 0 aromatic carbocycles. The second-order valence-corrected chi connectivity index (χ2v) is 50.2. The SMILES string of the molecule is CC(C)(C)[Si](C)(C)C#CCOC1(C(F)(F)F)COC(=O)O1.CC(C)(C)[Si](C)(C)C(F)=C(F)COC1(C(F)(F)F)COC(=O)O1.CC(C)(C)[Si](C)(C)C(F)=CCOC1(C(F)(F)F)COC(=O)O1.CC(C)(C)[Si](C)(C)C=CCOC1(C(F)(F)F)COC(=O)O1.O=C1OCC(OCC(F)=CC(F)F)(C(F)(F)F)O1. The number of alkyl halides is 17. The Hall–Kier alpha value is -5.93. The summed E-state index contributed by atoms with van der Waals surface area (Å²) in [6.07, 6.45) is -33.4. The predicted molar refractivity (Wildman–Crippen MR) is 335 cm³/mol. The minimum Gasteiger partial charge on any atom is -0.427 e. The Labute approximate surface area is 594 Å². The standard InChI is InChI=1S/C13H19F5O4Si.C13H20F4O4Si.C13H21F3O4Si.C13H19F3O4Si.C8H6F6O4/c1-11(2,3)23(4,5)9(15)8(14)6-21-12(13(16,17)18)7-20-10(19)22-12;1-11(2,3)22(4,5)9(14)6-7-20-12(13(15,16)17)8-19-10(18)21-12;2*1-11(2,3)21(4,5)8-6-7-19-12(13(14,15)16)9-18-10(17)20-12;9-4(1-5(10)11)2-17-7(8(12,13)14)3-16-6(15)18-7/h6-7H2,1-5H3;6H,7-8H2,1-5H3;6,8H,7,9H2,1-5H3;7,9H2,1-5H3;1,5H,2-3H2. The number of carbonyl (C=O) groups excluding carboxylic acids is 5. The van der Waals surface area contributed by atoms with Crippen molar-refractivity contribution >= 4 is 63.1 Å². The second kappa shape index (κ2) is 34.7. The van der Waals surface area contributed by atoms with E-state index in [2.05, 4.69) is 112 Å². The molecule has 5 rings (SSSR count). The molecular formula is C60H85F21O20Si4. The maximum atomic E-state index is 14.3. The van der Waals surface area contributed by atoms with Crippen LogP contribution in [0.1, 0.15) is 83.1 Å². The minimum atomic E-state index is -5.19. The average Bonchev–Trinajstić information content (AvgIpc) is 1.54. The summed E-state index contributed by atoms with van der Waals surface area (Å²) >= 11 is 0. The van der Waals surface area contributed by atoms with Gasteiger partial charge in [0.15, 0.2) is 38.9 Å². The number of allylic oxidation sites excluding steroid dienone is 1. The first-order chi connectivity index (χ1) is 46.6. The highest BCUT2D eigenvalue weighted by Crippen LogP contribution is 2.47. The zero-order valence-electron chi connectivity index (χ0n) is 60.6. The summed E-state index contributed by atoms with van der Waals surface area (Å²) in [4.78, 5) is 53.6. The van der Waals surface area contributed by atoms with E-state index < -0.39 is 216 Å². The first kappa shape index (κ1) is 97.1. The number of rotatable bonds is 18. The van der Waals surface area contributed by atoms with Gasteiger partial charge in [0.05, 0.1) is 26.7 Å². The highest BCUT2D eigenvalue weighted by molar-refractivity contribution is 6.88. The van der Waals surface area contributed by atoms with Crippen LogP contribution in [0.4, 0.5) is 116 Å². The zero-order valence-corrected chi connectivity index (χ0v) is 64.6. The van der Waals surface area contributed by atoms with Crippen LogP contribution < -0.4 is 0 Å². The summed E-state index contributed by atoms with van der Waals surface area (Å²) in [6, 6.07) is 0. The van der Waals surface area contributed by atoms with Gasteiger partial charge in [0, 0.05) is 6.08 Å². The first-order valence-electron chi connectivity index (χ1n) is 30.7. The van der Waals surface area contributed by atoms with E-state index in [-0.39, 0.29) is 27.8 Å². The number of cyclic esters (lactones) is 10. The van der Waals surface area contributed by atoms with Gasteiger partial charge in [-0.2, -0.15) is 65.9 Å².